The van der Waals surface area contributed by atoms with Gasteiger partial charge >= 0.3 is 0 Å². The Labute approximate surface area is 120 Å². The molecule has 0 heterocycles. The molecular weight excluding hydrogens is 298 g/mol. The number of ether oxygens (including phenoxy) is 1. The van der Waals surface area contributed by atoms with Crippen molar-refractivity contribution in [3.63, 3.8) is 0 Å². The molecule has 2 aromatic carbocycles. The third kappa shape index (κ3) is 3.36. The molecule has 0 fully saturated rings. The largest absolute Gasteiger partial charge is 0.456 e. The van der Waals surface area contributed by atoms with Crippen molar-refractivity contribution in [2.24, 2.45) is 0 Å². The number of nitro groups is 1. The van der Waals surface area contributed by atoms with Crippen molar-refractivity contribution < 1.29 is 22.6 Å². The molecule has 0 unspecified atom stereocenters. The highest BCUT2D eigenvalue weighted by atomic mass is 32.2. The Hall–Kier alpha value is -2.45. The molecule has 2 rings (SSSR count). The number of para-hydroxylation sites is 1. The van der Waals surface area contributed by atoms with Crippen molar-refractivity contribution in [2.45, 2.75) is 11.8 Å². The Morgan fingerprint density at radius 2 is 1.81 bits per heavy atom. The molecule has 1 N–H and O–H groups in total. The number of rotatable bonds is 4. The average molecular weight is 309 g/mol. The summed E-state index contributed by atoms with van der Waals surface area (Å²) in [7, 11) is -4.65. The average Bonchev–Trinajstić information content (AvgIpc) is 2.40. The summed E-state index contributed by atoms with van der Waals surface area (Å²) in [5.41, 5.74) is 0.289. The smallest absolute Gasteiger partial charge is 0.298 e. The molecular formula is C13H11NO6S. The Kier molecular flexibility index (Phi) is 3.92. The molecule has 2 aromatic rings. The highest BCUT2D eigenvalue weighted by molar-refractivity contribution is 7.86. The van der Waals surface area contributed by atoms with Gasteiger partial charge in [-0.05, 0) is 24.6 Å². The van der Waals surface area contributed by atoms with Crippen LogP contribution in [0.2, 0.25) is 0 Å². The number of aryl methyl sites for hydroxylation is 1. The molecule has 0 radical (unpaired) electrons. The fraction of sp³-hybridized carbons (Fsp3) is 0.0769. The van der Waals surface area contributed by atoms with E-state index in [9.17, 15) is 23.1 Å². The van der Waals surface area contributed by atoms with E-state index in [0.29, 0.717) is 5.75 Å². The summed E-state index contributed by atoms with van der Waals surface area (Å²) in [4.78, 5) is 9.28. The monoisotopic (exact) mass is 309 g/mol. The predicted octanol–water partition coefficient (Wildman–Crippen LogP) is 2.94. The quantitative estimate of drug-likeness (QED) is 0.528. The van der Waals surface area contributed by atoms with E-state index in [2.05, 4.69) is 0 Å². The summed E-state index contributed by atoms with van der Waals surface area (Å²) >= 11 is 0. The molecule has 0 aliphatic carbocycles. The van der Waals surface area contributed by atoms with Gasteiger partial charge in [-0.2, -0.15) is 8.42 Å². The van der Waals surface area contributed by atoms with Crippen LogP contribution in [-0.4, -0.2) is 17.9 Å². The summed E-state index contributed by atoms with van der Waals surface area (Å²) in [5, 5.41) is 10.7. The Morgan fingerprint density at radius 1 is 1.14 bits per heavy atom. The zero-order valence-electron chi connectivity index (χ0n) is 10.9. The number of hydrogen-bond acceptors (Lipinski definition) is 5. The molecule has 0 bridgehead atoms. The van der Waals surface area contributed by atoms with E-state index in [1.165, 1.54) is 0 Å². The van der Waals surface area contributed by atoms with Gasteiger partial charge in [0.1, 0.15) is 16.4 Å². The molecule has 0 aliphatic heterocycles. The second-order valence-corrected chi connectivity index (χ2v) is 5.62. The lowest BCUT2D eigenvalue weighted by molar-refractivity contribution is -0.385. The number of hydrogen-bond donors (Lipinski definition) is 1. The zero-order chi connectivity index (χ0) is 15.6. The maximum absolute atomic E-state index is 11.4. The number of nitro benzene ring substituents is 1. The van der Waals surface area contributed by atoms with Gasteiger partial charge in [-0.25, -0.2) is 0 Å². The molecule has 0 atom stereocenters. The first-order valence-corrected chi connectivity index (χ1v) is 7.22. The molecule has 8 heteroatoms. The highest BCUT2D eigenvalue weighted by Crippen LogP contribution is 2.33. The van der Waals surface area contributed by atoms with Crippen LogP contribution in [0.4, 0.5) is 5.69 Å². The summed E-state index contributed by atoms with van der Waals surface area (Å²) in [6.07, 6.45) is 0. The number of non-ortho nitro benzene ring substituents is 1. The van der Waals surface area contributed by atoms with Gasteiger partial charge < -0.3 is 4.74 Å². The van der Waals surface area contributed by atoms with Crippen LogP contribution in [0.3, 0.4) is 0 Å². The minimum absolute atomic E-state index is 0.183. The third-order valence-electron chi connectivity index (χ3n) is 2.73. The Morgan fingerprint density at radius 3 is 2.38 bits per heavy atom. The van der Waals surface area contributed by atoms with Crippen molar-refractivity contribution in [1.82, 2.24) is 0 Å². The second-order valence-electron chi connectivity index (χ2n) is 4.23. The van der Waals surface area contributed by atoms with E-state index in [-0.39, 0.29) is 5.75 Å². The van der Waals surface area contributed by atoms with Crippen LogP contribution in [0.15, 0.2) is 47.4 Å². The Bertz CT molecular complexity index is 800. The van der Waals surface area contributed by atoms with Crippen LogP contribution in [0.1, 0.15) is 5.56 Å². The standard InChI is InChI=1S/C13H11NO6S/c1-9-4-2-3-5-11(9)20-12-7-6-10(14(15)16)8-13(12)21(17,18)19/h2-8H,1H3,(H,17,18,19). The normalized spacial score (nSPS) is 11.1. The van der Waals surface area contributed by atoms with E-state index in [4.69, 9.17) is 4.74 Å². The van der Waals surface area contributed by atoms with Gasteiger partial charge in [0.15, 0.2) is 0 Å². The molecule has 0 saturated carbocycles. The molecule has 0 aliphatic rings. The van der Waals surface area contributed by atoms with Crippen LogP contribution in [0.5, 0.6) is 11.5 Å². The summed E-state index contributed by atoms with van der Waals surface area (Å²) < 4.78 is 37.3. The first-order chi connectivity index (χ1) is 9.79. The van der Waals surface area contributed by atoms with Gasteiger partial charge in [0.25, 0.3) is 15.8 Å². The summed E-state index contributed by atoms with van der Waals surface area (Å²) in [5.74, 6) is 0.202. The van der Waals surface area contributed by atoms with Crippen LogP contribution >= 0.6 is 0 Å². The fourth-order valence-electron chi connectivity index (χ4n) is 1.69. The minimum Gasteiger partial charge on any atom is -0.456 e. The lowest BCUT2D eigenvalue weighted by atomic mass is 10.2. The number of nitrogens with zero attached hydrogens (tertiary/aromatic N) is 1. The summed E-state index contributed by atoms with van der Waals surface area (Å²) in [6, 6.07) is 9.83. The van der Waals surface area contributed by atoms with E-state index in [1.807, 2.05) is 0 Å². The van der Waals surface area contributed by atoms with E-state index < -0.39 is 25.6 Å². The van der Waals surface area contributed by atoms with Gasteiger partial charge in [0.05, 0.1) is 4.92 Å². The van der Waals surface area contributed by atoms with Crippen molar-refractivity contribution in [3.8, 4) is 11.5 Å². The molecule has 0 aromatic heterocycles. The lowest BCUT2D eigenvalue weighted by Gasteiger charge is -2.11. The lowest BCUT2D eigenvalue weighted by Crippen LogP contribution is -2.03. The molecule has 21 heavy (non-hydrogen) atoms. The van der Waals surface area contributed by atoms with Gasteiger partial charge in [-0.1, -0.05) is 18.2 Å². The molecule has 0 spiro atoms. The topological polar surface area (TPSA) is 107 Å². The van der Waals surface area contributed by atoms with Gasteiger partial charge in [0.2, 0.25) is 0 Å². The van der Waals surface area contributed by atoms with Crippen molar-refractivity contribution >= 4 is 15.8 Å². The van der Waals surface area contributed by atoms with E-state index in [1.54, 1.807) is 31.2 Å². The number of benzene rings is 2. The van der Waals surface area contributed by atoms with Crippen LogP contribution < -0.4 is 4.74 Å². The SMILES string of the molecule is Cc1ccccc1Oc1ccc([N+](=O)[O-])cc1S(=O)(=O)O. The van der Waals surface area contributed by atoms with Gasteiger partial charge in [-0.15, -0.1) is 0 Å². The maximum Gasteiger partial charge on any atom is 0.298 e. The molecule has 110 valence electrons. The van der Waals surface area contributed by atoms with Crippen LogP contribution in [0, 0.1) is 17.0 Å². The highest BCUT2D eigenvalue weighted by Gasteiger charge is 2.22. The van der Waals surface area contributed by atoms with Crippen LogP contribution in [-0.2, 0) is 10.1 Å². The summed E-state index contributed by atoms with van der Waals surface area (Å²) in [6.45, 7) is 1.76. The first kappa shape index (κ1) is 14.9. The molecule has 0 saturated heterocycles. The second kappa shape index (κ2) is 5.51. The van der Waals surface area contributed by atoms with Crippen LogP contribution in [0.25, 0.3) is 0 Å². The first-order valence-electron chi connectivity index (χ1n) is 5.78. The van der Waals surface area contributed by atoms with E-state index >= 15 is 0 Å². The fourth-order valence-corrected chi connectivity index (χ4v) is 2.32. The Balaban J connectivity index is 2.54. The molecule has 7 nitrogen and oxygen atoms in total. The third-order valence-corrected chi connectivity index (χ3v) is 3.60. The van der Waals surface area contributed by atoms with Crippen molar-refractivity contribution in [3.05, 3.63) is 58.1 Å². The van der Waals surface area contributed by atoms with Crippen molar-refractivity contribution in [2.75, 3.05) is 0 Å². The molecule has 0 amide bonds. The maximum atomic E-state index is 11.4. The minimum atomic E-state index is -4.65. The van der Waals surface area contributed by atoms with Gasteiger partial charge in [0, 0.05) is 12.1 Å². The zero-order valence-corrected chi connectivity index (χ0v) is 11.7. The van der Waals surface area contributed by atoms with Gasteiger partial charge in [-0.3, -0.25) is 14.7 Å². The van der Waals surface area contributed by atoms with Crippen molar-refractivity contribution in [1.29, 1.82) is 0 Å². The predicted molar refractivity (Wildman–Crippen MR) is 74.2 cm³/mol. The van der Waals surface area contributed by atoms with E-state index in [0.717, 1.165) is 23.8 Å².